The van der Waals surface area contributed by atoms with E-state index in [0.29, 0.717) is 72.1 Å². The van der Waals surface area contributed by atoms with Gasteiger partial charge in [0.25, 0.3) is 0 Å². The molecule has 378 valence electrons. The van der Waals surface area contributed by atoms with Gasteiger partial charge in [0, 0.05) is 44.9 Å². The number of carbonyl (C=O) groups excluding carboxylic acids is 4. The molecule has 2 N–H and O–H groups in total. The minimum atomic E-state index is -1.70. The average molecular weight is 954 g/mol. The molecule has 12 nitrogen and oxygen atoms in total. The summed E-state index contributed by atoms with van der Waals surface area (Å²) in [6.45, 7) is 12.0. The zero-order valence-electron chi connectivity index (χ0n) is 42.1. The molecule has 4 saturated carbocycles. The van der Waals surface area contributed by atoms with Gasteiger partial charge in [-0.2, -0.15) is 0 Å². The molecule has 12 heteroatoms. The molecule has 3 aliphatic heterocycles. The lowest BCUT2D eigenvalue weighted by Gasteiger charge is -2.52. The molecule has 3 saturated heterocycles. The van der Waals surface area contributed by atoms with Crippen LogP contribution in [0, 0.1) is 46.8 Å². The molecule has 4 bridgehead atoms. The summed E-state index contributed by atoms with van der Waals surface area (Å²) >= 11 is 0. The number of aliphatic hydroxyl groups is 1. The normalized spacial score (nSPS) is 34.0. The van der Waals surface area contributed by atoms with E-state index in [-0.39, 0.29) is 35.4 Å². The molecule has 6 unspecified atom stereocenters. The molecule has 1 amide bonds. The molecule has 69 heavy (non-hydrogen) atoms. The summed E-state index contributed by atoms with van der Waals surface area (Å²) in [6, 6.07) is 19.5. The number of alkyl carbamates (subject to hydrolysis) is 1. The van der Waals surface area contributed by atoms with Crippen LogP contribution in [0.5, 0.6) is 0 Å². The SMILES string of the molecule is C[C@H](CCC(=O)OC(C)(C)C)C1CCC2C3C(CC[C@@]21C)[C@@H]1CC[C@@H](OC(=O)NCC(=O)OCOC(C(=O)OC2CC4CCC(C2)[N+]42CCCC2)(c2ccccc2)c2ccccc2)C[C@@H](C1)C[C@H]3O. The van der Waals surface area contributed by atoms with Gasteiger partial charge in [0.05, 0.1) is 31.3 Å². The van der Waals surface area contributed by atoms with Crippen LogP contribution in [0.4, 0.5) is 4.79 Å². The highest BCUT2D eigenvalue weighted by molar-refractivity contribution is 5.86. The second-order valence-electron chi connectivity index (χ2n) is 23.9. The molecule has 3 heterocycles. The summed E-state index contributed by atoms with van der Waals surface area (Å²) < 4.78 is 31.3. The second-order valence-corrected chi connectivity index (χ2v) is 23.9. The highest BCUT2D eigenvalue weighted by Gasteiger charge is 2.59. The van der Waals surface area contributed by atoms with Crippen LogP contribution >= 0.6 is 0 Å². The maximum Gasteiger partial charge on any atom is 0.407 e. The van der Waals surface area contributed by atoms with Crippen LogP contribution in [0.3, 0.4) is 0 Å². The van der Waals surface area contributed by atoms with Crippen molar-refractivity contribution in [3.63, 3.8) is 0 Å². The first-order valence-corrected chi connectivity index (χ1v) is 26.9. The molecule has 0 aromatic heterocycles. The Kier molecular flexibility index (Phi) is 14.9. The van der Waals surface area contributed by atoms with Gasteiger partial charge in [-0.15, -0.1) is 0 Å². The molecule has 4 aliphatic carbocycles. The van der Waals surface area contributed by atoms with Crippen molar-refractivity contribution in [2.75, 3.05) is 26.4 Å². The van der Waals surface area contributed by atoms with Crippen LogP contribution in [0.2, 0.25) is 0 Å². The predicted molar refractivity (Wildman–Crippen MR) is 260 cm³/mol. The van der Waals surface area contributed by atoms with Crippen LogP contribution < -0.4 is 5.32 Å². The number of carbonyl (C=O) groups is 4. The number of benzene rings is 2. The smallest absolute Gasteiger partial charge is 0.407 e. The van der Waals surface area contributed by atoms with Crippen molar-refractivity contribution < 1.29 is 52.5 Å². The number of hydrogen-bond acceptors (Lipinski definition) is 10. The summed E-state index contributed by atoms with van der Waals surface area (Å²) in [5.74, 6) is 1.44. The number of nitrogens with one attached hydrogen (secondary N) is 1. The van der Waals surface area contributed by atoms with Gasteiger partial charge < -0.3 is 38.6 Å². The third-order valence-electron chi connectivity index (χ3n) is 18.9. The number of aliphatic hydroxyl groups excluding tert-OH is 1. The molecule has 2 aromatic carbocycles. The molecule has 7 aliphatic rings. The zero-order chi connectivity index (χ0) is 48.6. The number of nitrogens with zero attached hydrogens (tertiary/aromatic N) is 1. The molecular formula is C57H81N2O10+. The van der Waals surface area contributed by atoms with Crippen molar-refractivity contribution in [3.8, 4) is 0 Å². The fourth-order valence-corrected chi connectivity index (χ4v) is 16.0. The van der Waals surface area contributed by atoms with E-state index in [1.807, 2.05) is 81.4 Å². The van der Waals surface area contributed by atoms with Crippen LogP contribution in [0.25, 0.3) is 0 Å². The lowest BCUT2D eigenvalue weighted by Crippen LogP contribution is -2.60. The van der Waals surface area contributed by atoms with Gasteiger partial charge >= 0.3 is 24.0 Å². The summed E-state index contributed by atoms with van der Waals surface area (Å²) in [5.41, 5.74) is -0.891. The van der Waals surface area contributed by atoms with Gasteiger partial charge in [0.2, 0.25) is 5.60 Å². The quantitative estimate of drug-likeness (QED) is 0.0812. The van der Waals surface area contributed by atoms with E-state index in [2.05, 4.69) is 19.2 Å². The van der Waals surface area contributed by atoms with Crippen molar-refractivity contribution in [2.45, 2.75) is 185 Å². The van der Waals surface area contributed by atoms with Crippen LogP contribution in [-0.4, -0.2) is 96.0 Å². The Morgan fingerprint density at radius 2 is 1.45 bits per heavy atom. The fraction of sp³-hybridized carbons (Fsp3) is 0.719. The molecule has 12 atom stereocenters. The standard InChI is InChI=1S/C57H80N2O10/c1-37(18-25-50(61)69-55(2,3)4)47-23-24-48-52-46(26-27-56(47,48)5)39-19-22-44(31-38(30-39)32-49(52)60)68-54(64)58-35-51(62)65-36-66-57(40-14-8-6-9-15-40,41-16-10-7-11-17-41)53(63)67-45-33-42-20-21-43(34-45)59(42)28-12-13-29-59/h6-11,14-17,37-39,42-49,52,60H,12-13,18-36H2,1-5H3/p+1/t37-,38-,39-,42?,43?,44-,45?,46?,47?,48?,49-,52?,56-/m1/s1. The highest BCUT2D eigenvalue weighted by atomic mass is 16.7. The van der Waals surface area contributed by atoms with E-state index < -0.39 is 48.7 Å². The number of hydrogen-bond donors (Lipinski definition) is 2. The van der Waals surface area contributed by atoms with E-state index in [9.17, 15) is 24.3 Å². The number of amides is 1. The van der Waals surface area contributed by atoms with E-state index in [4.69, 9.17) is 23.7 Å². The van der Waals surface area contributed by atoms with Gasteiger partial charge in [0.1, 0.15) is 24.4 Å². The third kappa shape index (κ3) is 10.4. The van der Waals surface area contributed by atoms with E-state index in [0.717, 1.165) is 64.2 Å². The topological polar surface area (TPSA) is 147 Å². The second kappa shape index (κ2) is 20.6. The maximum absolute atomic E-state index is 14.7. The molecule has 0 radical (unpaired) electrons. The minimum Gasteiger partial charge on any atom is -0.460 e. The monoisotopic (exact) mass is 954 g/mol. The maximum atomic E-state index is 14.7. The summed E-state index contributed by atoms with van der Waals surface area (Å²) in [5, 5.41) is 14.7. The summed E-state index contributed by atoms with van der Waals surface area (Å²) in [6.07, 6.45) is 14.8. The van der Waals surface area contributed by atoms with Crippen LogP contribution in [0.1, 0.15) is 155 Å². The number of ether oxygens (including phenoxy) is 5. The Bertz CT molecular complexity index is 2050. The number of fused-ring (bicyclic) bond motifs is 6. The van der Waals surface area contributed by atoms with E-state index >= 15 is 0 Å². The Hall–Kier alpha value is -4.00. The lowest BCUT2D eigenvalue weighted by atomic mass is 9.53. The van der Waals surface area contributed by atoms with Gasteiger partial charge in [-0.05, 0) is 143 Å². The zero-order valence-corrected chi connectivity index (χ0v) is 42.1. The molecular weight excluding hydrogens is 873 g/mol. The molecule has 9 rings (SSSR count). The fourth-order valence-electron chi connectivity index (χ4n) is 16.0. The molecule has 7 fully saturated rings. The number of quaternary nitrogens is 1. The van der Waals surface area contributed by atoms with Crippen molar-refractivity contribution >= 4 is 24.0 Å². The van der Waals surface area contributed by atoms with Crippen LogP contribution in [0.15, 0.2) is 60.7 Å². The van der Waals surface area contributed by atoms with E-state index in [1.165, 1.54) is 43.3 Å². The van der Waals surface area contributed by atoms with E-state index in [1.54, 1.807) is 0 Å². The average Bonchev–Trinajstić information content (AvgIpc) is 3.91. The predicted octanol–water partition coefficient (Wildman–Crippen LogP) is 9.78. The van der Waals surface area contributed by atoms with Gasteiger partial charge in [-0.3, -0.25) is 9.59 Å². The van der Waals surface area contributed by atoms with Crippen molar-refractivity contribution in [3.05, 3.63) is 71.8 Å². The van der Waals surface area contributed by atoms with Crippen molar-refractivity contribution in [1.29, 1.82) is 0 Å². The van der Waals surface area contributed by atoms with Gasteiger partial charge in [0.15, 0.2) is 6.79 Å². The Morgan fingerprint density at radius 3 is 2.10 bits per heavy atom. The Balaban J connectivity index is 0.774. The summed E-state index contributed by atoms with van der Waals surface area (Å²) in [4.78, 5) is 53.8. The first kappa shape index (κ1) is 50.0. The van der Waals surface area contributed by atoms with Crippen molar-refractivity contribution in [1.82, 2.24) is 5.32 Å². The number of rotatable bonds is 14. The molecule has 1 spiro atoms. The largest absolute Gasteiger partial charge is 0.460 e. The highest BCUT2D eigenvalue weighted by Crippen LogP contribution is 2.64. The lowest BCUT2D eigenvalue weighted by molar-refractivity contribution is -0.956. The summed E-state index contributed by atoms with van der Waals surface area (Å²) in [7, 11) is 0. The third-order valence-corrected chi connectivity index (χ3v) is 18.9. The first-order chi connectivity index (χ1) is 33.1. The van der Waals surface area contributed by atoms with Gasteiger partial charge in [-0.1, -0.05) is 74.5 Å². The Morgan fingerprint density at radius 1 is 0.783 bits per heavy atom. The first-order valence-electron chi connectivity index (χ1n) is 26.9. The van der Waals surface area contributed by atoms with Crippen LogP contribution in [-0.2, 0) is 43.7 Å². The minimum absolute atomic E-state index is 0.120. The van der Waals surface area contributed by atoms with Gasteiger partial charge in [-0.25, -0.2) is 9.59 Å². The Labute approximate surface area is 410 Å². The number of piperidine rings is 1. The number of esters is 3. The van der Waals surface area contributed by atoms with Crippen molar-refractivity contribution in [2.24, 2.45) is 46.8 Å². The molecule has 2 aromatic rings.